The van der Waals surface area contributed by atoms with Gasteiger partial charge in [-0.25, -0.2) is 0 Å². The second-order valence-corrected chi connectivity index (χ2v) is 25.1. The zero-order valence-corrected chi connectivity index (χ0v) is 53.2. The predicted molar refractivity (Wildman–Crippen MR) is 316 cm³/mol. The van der Waals surface area contributed by atoms with E-state index < -0.39 is 217 Å². The molecule has 22 aliphatic rings. The first kappa shape index (κ1) is 78.8. The Bertz CT molecular complexity index is 2210. The lowest BCUT2D eigenvalue weighted by Gasteiger charge is -2.50. The number of aliphatic hydroxyl groups excluding tert-OH is 17. The summed E-state index contributed by atoms with van der Waals surface area (Å²) in [6, 6.07) is 0. The molecule has 0 saturated carbocycles. The van der Waals surface area contributed by atoms with E-state index >= 15 is 0 Å². The summed E-state index contributed by atoms with van der Waals surface area (Å²) in [5.41, 5.74) is 0. The number of nitrogens with zero attached hydrogens (tertiary/aromatic N) is 1. The summed E-state index contributed by atoms with van der Waals surface area (Å²) in [4.78, 5) is 27.0. The van der Waals surface area contributed by atoms with Crippen molar-refractivity contribution in [2.24, 2.45) is 0 Å². The Labute approximate surface area is 545 Å². The fourth-order valence-electron chi connectivity index (χ4n) is 12.6. The molecule has 94 heavy (non-hydrogen) atoms. The van der Waals surface area contributed by atoms with E-state index in [1.807, 2.05) is 0 Å². The largest absolute Gasteiger partial charge is 0.394 e. The minimum absolute atomic E-state index is 0.0158. The van der Waals surface area contributed by atoms with Gasteiger partial charge in [-0.1, -0.05) is 70.4 Å². The lowest BCUT2D eigenvalue weighted by molar-refractivity contribution is -0.403. The fraction of sp³-hybridized carbons (Fsp3) is 0.933. The second kappa shape index (κ2) is 38.9. The summed E-state index contributed by atoms with van der Waals surface area (Å²) < 4.78 is 70.2. The average Bonchev–Trinajstić information content (AvgIpc) is 0.780. The first-order valence-electron chi connectivity index (χ1n) is 33.1. The van der Waals surface area contributed by atoms with Gasteiger partial charge in [-0.05, 0) is 32.1 Å². The first-order valence-corrected chi connectivity index (χ1v) is 33.1. The average molecular weight is 1360 g/mol. The van der Waals surface area contributed by atoms with Gasteiger partial charge in [-0.15, -0.1) is 0 Å². The molecule has 12 bridgehead atoms. The fourth-order valence-corrected chi connectivity index (χ4v) is 12.6. The van der Waals surface area contributed by atoms with Gasteiger partial charge in [0, 0.05) is 46.1 Å². The number of hydrogen-bond acceptors (Lipinski definition) is 32. The molecule has 0 spiro atoms. The Balaban J connectivity index is 1.04. The molecule has 19 N–H and O–H groups in total. The highest BCUT2D eigenvalue weighted by molar-refractivity contribution is 5.76. The Morgan fingerprint density at radius 3 is 0.947 bits per heavy atom. The van der Waals surface area contributed by atoms with Gasteiger partial charge >= 0.3 is 0 Å². The van der Waals surface area contributed by atoms with E-state index in [2.05, 4.69) is 29.7 Å². The van der Waals surface area contributed by atoms with Crippen LogP contribution in [0.25, 0.3) is 0 Å². The maximum absolute atomic E-state index is 12.8. The van der Waals surface area contributed by atoms with Gasteiger partial charge in [0.2, 0.25) is 11.8 Å². The number of rotatable bonds is 28. The van der Waals surface area contributed by atoms with Crippen molar-refractivity contribution >= 4 is 11.8 Å². The highest BCUT2D eigenvalue weighted by Gasteiger charge is 2.59. The molecule has 0 aliphatic carbocycles. The van der Waals surface area contributed by atoms with Gasteiger partial charge in [0.05, 0.1) is 33.0 Å². The van der Waals surface area contributed by atoms with Crippen LogP contribution in [0.1, 0.15) is 104 Å². The topological polar surface area (TPSA) is 516 Å². The number of aliphatic hydroxyl groups is 17. The summed E-state index contributed by atoms with van der Waals surface area (Å²) in [6.07, 6.45) is -39.5. The van der Waals surface area contributed by atoms with Crippen LogP contribution in [-0.2, 0) is 66.4 Å². The van der Waals surface area contributed by atoms with E-state index in [1.165, 1.54) is 50.3 Å². The molecule has 34 nitrogen and oxygen atoms in total. The molecule has 34 heteroatoms. The molecule has 22 rings (SSSR count). The lowest BCUT2D eigenvalue weighted by atomic mass is 9.94. The molecular formula is C60H105N3O31. The normalized spacial score (nSPS) is 42.4. The summed E-state index contributed by atoms with van der Waals surface area (Å²) >= 11 is 0. The van der Waals surface area contributed by atoms with Crippen LogP contribution in [0.4, 0.5) is 0 Å². The highest BCUT2D eigenvalue weighted by Crippen LogP contribution is 2.38. The zero-order chi connectivity index (χ0) is 68.3. The summed E-state index contributed by atoms with van der Waals surface area (Å²) in [5, 5.41) is 197. The smallest absolute Gasteiger partial charge is 0.220 e. The van der Waals surface area contributed by atoms with Crippen molar-refractivity contribution in [3.63, 3.8) is 0 Å². The molecular weight excluding hydrogens is 1260 g/mol. The molecule has 0 aromatic carbocycles. The Hall–Kier alpha value is -2.52. The summed E-state index contributed by atoms with van der Waals surface area (Å²) in [6.45, 7) is -1.53. The van der Waals surface area contributed by atoms with Crippen LogP contribution in [0, 0.1) is 0 Å². The van der Waals surface area contributed by atoms with E-state index in [9.17, 15) is 96.4 Å². The number of carbonyl (C=O) groups is 2. The second-order valence-electron chi connectivity index (χ2n) is 25.1. The molecule has 30 atom stereocenters. The van der Waals surface area contributed by atoms with Crippen molar-refractivity contribution in [1.29, 1.82) is 0 Å². The number of allylic oxidation sites excluding steroid dienone is 2. The van der Waals surface area contributed by atoms with Crippen LogP contribution in [0.15, 0.2) is 12.2 Å². The minimum atomic E-state index is -2.18. The first-order chi connectivity index (χ1) is 45.1. The lowest BCUT2D eigenvalue weighted by Crippen LogP contribution is -2.69. The minimum Gasteiger partial charge on any atom is -0.394 e. The molecule has 22 heterocycles. The third-order valence-electron chi connectivity index (χ3n) is 18.2. The molecule has 0 aromatic rings. The van der Waals surface area contributed by atoms with Crippen molar-refractivity contribution < 1.29 is 153 Å². The van der Waals surface area contributed by atoms with E-state index in [-0.39, 0.29) is 44.5 Å². The Kier molecular flexibility index (Phi) is 32.6. The van der Waals surface area contributed by atoms with Gasteiger partial charge in [0.15, 0.2) is 37.7 Å². The maximum Gasteiger partial charge on any atom is 0.220 e. The molecule has 22 fully saturated rings. The third kappa shape index (κ3) is 20.4. The maximum atomic E-state index is 12.8. The molecule has 22 saturated heterocycles. The van der Waals surface area contributed by atoms with E-state index in [0.717, 1.165) is 38.5 Å². The molecule has 30 unspecified atom stereocenters. The number of ether oxygens (including phenoxy) is 12. The van der Waals surface area contributed by atoms with E-state index in [0.29, 0.717) is 12.8 Å². The Morgan fingerprint density at radius 2 is 0.638 bits per heavy atom. The van der Waals surface area contributed by atoms with Crippen molar-refractivity contribution in [2.75, 3.05) is 65.8 Å². The van der Waals surface area contributed by atoms with Crippen LogP contribution in [-0.4, -0.2) is 354 Å². The van der Waals surface area contributed by atoms with E-state index in [4.69, 9.17) is 56.8 Å². The predicted octanol–water partition coefficient (Wildman–Crippen LogP) is -7.46. The SMILES string of the molecule is CCCCCCCC/C=C\CCCCCCCC(=O)NCCN(CCNCC1OC2OC3C(CO)OC(OC4C(CO)OC(OC5C(CO)OC(OC6C(CO)OC(OC7C(CO)OC(OC1C(O)C2O)C(O)C7O)C(O)C6O)C(O)C5O)C(O)C4O)C(O)C3O)C(C)=O. The van der Waals surface area contributed by atoms with Gasteiger partial charge in [-0.2, -0.15) is 0 Å². The van der Waals surface area contributed by atoms with Crippen molar-refractivity contribution in [2.45, 2.75) is 288 Å². The standard InChI is InChI=1S/C60H105N3O31/c1-3-4-5-6-7-8-9-10-11-12-13-14-15-16-17-18-36(70)62-20-22-63(29(2)69)21-19-61-23-30-49-37(71)43(77)55(83-30)90-50-31(24-64)85-57(45(79)39(50)73)92-52-33(26-66)87-59(47(81)41(52)75)94-54-35(28-68)88-60(48(82)42(54)76)93-53-34(27-67)86-58(46(80)40(53)74)91-51-32(25-65)84-56(89-49)44(78)38(51)72/h10-11,30-35,37-61,64-68,71-82H,3-9,12-28H2,1-2H3,(H,62,70)/b11-10-. The molecule has 0 aromatic heterocycles. The number of carbonyl (C=O) groups excluding carboxylic acids is 2. The number of nitrogens with one attached hydrogen (secondary N) is 2. The molecule has 0 radical (unpaired) electrons. The van der Waals surface area contributed by atoms with E-state index in [1.54, 1.807) is 0 Å². The van der Waals surface area contributed by atoms with Crippen LogP contribution in [0.3, 0.4) is 0 Å². The van der Waals surface area contributed by atoms with Crippen LogP contribution in [0.5, 0.6) is 0 Å². The molecule has 546 valence electrons. The van der Waals surface area contributed by atoms with Crippen LogP contribution < -0.4 is 10.6 Å². The van der Waals surface area contributed by atoms with Crippen molar-refractivity contribution in [3.05, 3.63) is 12.2 Å². The zero-order valence-electron chi connectivity index (χ0n) is 53.2. The monoisotopic (exact) mass is 1360 g/mol. The number of unbranched alkanes of at least 4 members (excludes halogenated alkanes) is 11. The van der Waals surface area contributed by atoms with Crippen LogP contribution in [0.2, 0.25) is 0 Å². The van der Waals surface area contributed by atoms with Gasteiger partial charge in [0.1, 0.15) is 146 Å². The van der Waals surface area contributed by atoms with Gasteiger partial charge in [0.25, 0.3) is 0 Å². The third-order valence-corrected chi connectivity index (χ3v) is 18.2. The van der Waals surface area contributed by atoms with Gasteiger partial charge in [-0.3, -0.25) is 9.59 Å². The summed E-state index contributed by atoms with van der Waals surface area (Å²) in [5.74, 6) is -0.497. The Morgan fingerprint density at radius 1 is 0.362 bits per heavy atom. The number of amides is 2. The van der Waals surface area contributed by atoms with Crippen LogP contribution >= 0.6 is 0 Å². The van der Waals surface area contributed by atoms with Gasteiger partial charge < -0.3 is 159 Å². The summed E-state index contributed by atoms with van der Waals surface area (Å²) in [7, 11) is 0. The quantitative estimate of drug-likeness (QED) is 0.0256. The molecule has 2 amide bonds. The highest BCUT2D eigenvalue weighted by atomic mass is 16.8. The number of hydrogen-bond donors (Lipinski definition) is 19. The van der Waals surface area contributed by atoms with Crippen molar-refractivity contribution in [1.82, 2.24) is 15.5 Å². The van der Waals surface area contributed by atoms with Crippen molar-refractivity contribution in [3.8, 4) is 0 Å². The molecule has 22 aliphatic heterocycles.